The highest BCUT2D eigenvalue weighted by atomic mass is 16.7. The number of hydrogen-bond acceptors (Lipinski definition) is 6. The Morgan fingerprint density at radius 3 is 1.77 bits per heavy atom. The van der Waals surface area contributed by atoms with Gasteiger partial charge in [-0.25, -0.2) is 0 Å². The monoisotopic (exact) mass is 196 g/mol. The minimum Gasteiger partial charge on any atom is -0.394 e. The van der Waals surface area contributed by atoms with E-state index >= 15 is 0 Å². The molecule has 3 atom stereocenters. The van der Waals surface area contributed by atoms with Crippen LogP contribution in [-0.4, -0.2) is 65.9 Å². The van der Waals surface area contributed by atoms with Crippen LogP contribution in [0.4, 0.5) is 0 Å². The summed E-state index contributed by atoms with van der Waals surface area (Å²) < 4.78 is 9.30. The number of aliphatic hydroxyl groups is 4. The predicted octanol–water partition coefficient (Wildman–Crippen LogP) is -2.32. The van der Waals surface area contributed by atoms with E-state index in [1.54, 1.807) is 0 Å². The van der Waals surface area contributed by atoms with E-state index in [-0.39, 0.29) is 0 Å². The Bertz CT molecular complexity index is 126. The maximum Gasteiger partial charge on any atom is 0.185 e. The Labute approximate surface area is 76.3 Å². The van der Waals surface area contributed by atoms with Gasteiger partial charge >= 0.3 is 0 Å². The molecule has 0 aliphatic rings. The molecule has 0 aromatic carbocycles. The highest BCUT2D eigenvalue weighted by Gasteiger charge is 2.31. The molecule has 0 fully saturated rings. The smallest absolute Gasteiger partial charge is 0.185 e. The number of ether oxygens (including phenoxy) is 2. The summed E-state index contributed by atoms with van der Waals surface area (Å²) in [6.45, 7) is -0.641. The number of rotatable bonds is 6. The summed E-state index contributed by atoms with van der Waals surface area (Å²) in [5.74, 6) is 0. The molecule has 0 aliphatic heterocycles. The van der Waals surface area contributed by atoms with Crippen LogP contribution in [0.5, 0.6) is 0 Å². The Morgan fingerprint density at radius 2 is 1.46 bits per heavy atom. The van der Waals surface area contributed by atoms with E-state index in [4.69, 9.17) is 10.2 Å². The zero-order valence-corrected chi connectivity index (χ0v) is 7.62. The Hall–Kier alpha value is -0.240. The first-order chi connectivity index (χ1) is 6.08. The lowest BCUT2D eigenvalue weighted by Crippen LogP contribution is -2.47. The van der Waals surface area contributed by atoms with Gasteiger partial charge in [-0.3, -0.25) is 0 Å². The summed E-state index contributed by atoms with van der Waals surface area (Å²) in [5, 5.41) is 36.0. The van der Waals surface area contributed by atoms with Crippen molar-refractivity contribution < 1.29 is 29.9 Å². The van der Waals surface area contributed by atoms with Crippen LogP contribution in [0.1, 0.15) is 0 Å². The second-order valence-corrected chi connectivity index (χ2v) is 2.57. The first-order valence-electron chi connectivity index (χ1n) is 3.79. The standard InChI is InChI=1S/C7H16O6/c1-12-7(13-2)6(11)5(10)4(9)3-8/h4-11H,3H2,1-2H3/t4-,5-,6-/m1/s1. The highest BCUT2D eigenvalue weighted by Crippen LogP contribution is 2.07. The molecule has 0 aromatic rings. The average molecular weight is 196 g/mol. The maximum atomic E-state index is 9.31. The SMILES string of the molecule is COC(OC)[C@H](O)[C@H](O)[C@H](O)CO. The van der Waals surface area contributed by atoms with E-state index in [0.29, 0.717) is 0 Å². The van der Waals surface area contributed by atoms with E-state index in [1.807, 2.05) is 0 Å². The topological polar surface area (TPSA) is 99.4 Å². The van der Waals surface area contributed by atoms with Gasteiger partial charge in [0.2, 0.25) is 0 Å². The van der Waals surface area contributed by atoms with Gasteiger partial charge in [-0.2, -0.15) is 0 Å². The van der Waals surface area contributed by atoms with Gasteiger partial charge in [0.25, 0.3) is 0 Å². The quantitative estimate of drug-likeness (QED) is 0.356. The van der Waals surface area contributed by atoms with Crippen molar-refractivity contribution in [1.29, 1.82) is 0 Å². The molecule has 0 saturated heterocycles. The zero-order chi connectivity index (χ0) is 10.4. The Kier molecular flexibility index (Phi) is 6.13. The van der Waals surface area contributed by atoms with Gasteiger partial charge < -0.3 is 29.9 Å². The lowest BCUT2D eigenvalue weighted by atomic mass is 10.1. The van der Waals surface area contributed by atoms with Crippen molar-refractivity contribution in [3.05, 3.63) is 0 Å². The van der Waals surface area contributed by atoms with Gasteiger partial charge in [-0.15, -0.1) is 0 Å². The van der Waals surface area contributed by atoms with Crippen LogP contribution >= 0.6 is 0 Å². The zero-order valence-electron chi connectivity index (χ0n) is 7.62. The second-order valence-electron chi connectivity index (χ2n) is 2.57. The van der Waals surface area contributed by atoms with Crippen molar-refractivity contribution in [3.8, 4) is 0 Å². The summed E-state index contributed by atoms with van der Waals surface area (Å²) in [4.78, 5) is 0. The summed E-state index contributed by atoms with van der Waals surface area (Å²) in [6.07, 6.45) is -5.36. The molecule has 0 radical (unpaired) electrons. The molecule has 6 nitrogen and oxygen atoms in total. The maximum absolute atomic E-state index is 9.31. The normalized spacial score (nSPS) is 18.7. The van der Waals surface area contributed by atoms with Crippen molar-refractivity contribution in [1.82, 2.24) is 0 Å². The molecular formula is C7H16O6. The van der Waals surface area contributed by atoms with E-state index < -0.39 is 31.2 Å². The van der Waals surface area contributed by atoms with Gasteiger partial charge in [-0.1, -0.05) is 0 Å². The summed E-state index contributed by atoms with van der Waals surface area (Å²) >= 11 is 0. The van der Waals surface area contributed by atoms with Crippen molar-refractivity contribution in [3.63, 3.8) is 0 Å². The number of methoxy groups -OCH3 is 2. The van der Waals surface area contributed by atoms with E-state index in [1.165, 1.54) is 14.2 Å². The molecule has 0 rings (SSSR count). The molecule has 6 heteroatoms. The Balaban J connectivity index is 4.13. The molecule has 0 saturated carbocycles. The molecule has 0 bridgehead atoms. The summed E-state index contributed by atoms with van der Waals surface area (Å²) in [6, 6.07) is 0. The van der Waals surface area contributed by atoms with Crippen molar-refractivity contribution in [2.24, 2.45) is 0 Å². The van der Waals surface area contributed by atoms with Gasteiger partial charge in [-0.05, 0) is 0 Å². The van der Waals surface area contributed by atoms with Crippen molar-refractivity contribution >= 4 is 0 Å². The van der Waals surface area contributed by atoms with Crippen LogP contribution in [-0.2, 0) is 9.47 Å². The molecular weight excluding hydrogens is 180 g/mol. The van der Waals surface area contributed by atoms with E-state index in [2.05, 4.69) is 9.47 Å². The molecule has 13 heavy (non-hydrogen) atoms. The first kappa shape index (κ1) is 12.8. The van der Waals surface area contributed by atoms with Crippen LogP contribution in [0.2, 0.25) is 0 Å². The lowest BCUT2D eigenvalue weighted by molar-refractivity contribution is -0.206. The highest BCUT2D eigenvalue weighted by molar-refractivity contribution is 4.76. The van der Waals surface area contributed by atoms with E-state index in [0.717, 1.165) is 0 Å². The number of hydrogen-bond donors (Lipinski definition) is 4. The largest absolute Gasteiger partial charge is 0.394 e. The third kappa shape index (κ3) is 3.55. The molecule has 0 spiro atoms. The summed E-state index contributed by atoms with van der Waals surface area (Å²) in [7, 11) is 2.57. The van der Waals surface area contributed by atoms with Gasteiger partial charge in [0.1, 0.15) is 18.3 Å². The third-order valence-corrected chi connectivity index (χ3v) is 1.67. The van der Waals surface area contributed by atoms with Gasteiger partial charge in [0.05, 0.1) is 6.61 Å². The molecule has 0 heterocycles. The fourth-order valence-corrected chi connectivity index (χ4v) is 0.872. The fraction of sp³-hybridized carbons (Fsp3) is 1.00. The average Bonchev–Trinajstić information content (AvgIpc) is 2.17. The molecule has 80 valence electrons. The van der Waals surface area contributed by atoms with Crippen LogP contribution in [0.3, 0.4) is 0 Å². The van der Waals surface area contributed by atoms with Crippen molar-refractivity contribution in [2.75, 3.05) is 20.8 Å². The van der Waals surface area contributed by atoms with E-state index in [9.17, 15) is 10.2 Å². The molecule has 0 aliphatic carbocycles. The van der Waals surface area contributed by atoms with Gasteiger partial charge in [0.15, 0.2) is 6.29 Å². The molecule has 4 N–H and O–H groups in total. The van der Waals surface area contributed by atoms with Crippen LogP contribution < -0.4 is 0 Å². The van der Waals surface area contributed by atoms with Crippen LogP contribution in [0.15, 0.2) is 0 Å². The van der Waals surface area contributed by atoms with Crippen LogP contribution in [0.25, 0.3) is 0 Å². The Morgan fingerprint density at radius 1 is 1.00 bits per heavy atom. The molecule has 0 aromatic heterocycles. The molecule has 0 unspecified atom stereocenters. The third-order valence-electron chi connectivity index (χ3n) is 1.67. The van der Waals surface area contributed by atoms with Crippen LogP contribution in [0, 0.1) is 0 Å². The molecule has 0 amide bonds. The lowest BCUT2D eigenvalue weighted by Gasteiger charge is -2.26. The predicted molar refractivity (Wildman–Crippen MR) is 42.9 cm³/mol. The number of aliphatic hydroxyl groups excluding tert-OH is 4. The second kappa shape index (κ2) is 6.25. The van der Waals surface area contributed by atoms with Gasteiger partial charge in [0, 0.05) is 14.2 Å². The summed E-state index contributed by atoms with van der Waals surface area (Å²) in [5.41, 5.74) is 0. The van der Waals surface area contributed by atoms with Crippen molar-refractivity contribution in [2.45, 2.75) is 24.6 Å². The minimum absolute atomic E-state index is 0.641. The minimum atomic E-state index is -1.50. The fourth-order valence-electron chi connectivity index (χ4n) is 0.872. The first-order valence-corrected chi connectivity index (χ1v) is 3.79.